The van der Waals surface area contributed by atoms with Crippen molar-refractivity contribution in [2.75, 3.05) is 0 Å². The molecule has 1 aliphatic rings. The zero-order valence-electron chi connectivity index (χ0n) is 15.2. The van der Waals surface area contributed by atoms with E-state index in [2.05, 4.69) is 21.0 Å². The van der Waals surface area contributed by atoms with E-state index in [1.54, 1.807) is 0 Å². The number of hydrazine groups is 1. The van der Waals surface area contributed by atoms with Gasteiger partial charge in [-0.25, -0.2) is 5.10 Å². The molecule has 0 fully saturated rings. The summed E-state index contributed by atoms with van der Waals surface area (Å²) < 4.78 is 0. The van der Waals surface area contributed by atoms with Crippen LogP contribution >= 0.6 is 0 Å². The second-order valence-electron chi connectivity index (χ2n) is 6.58. The summed E-state index contributed by atoms with van der Waals surface area (Å²) >= 11 is 0. The number of H-pyrrole nitrogens is 1. The second-order valence-corrected chi connectivity index (χ2v) is 6.58. The number of aromatic amines is 1. The van der Waals surface area contributed by atoms with Gasteiger partial charge in [0.05, 0.1) is 5.69 Å². The Balaban J connectivity index is 1.82. The zero-order chi connectivity index (χ0) is 19.3. The summed E-state index contributed by atoms with van der Waals surface area (Å²) in [7, 11) is 0. The SMILES string of the molecule is O=C(NNC1=CCCC1)c1c(-c2ccccc2)c(-c2ccccc2)n[nH]c1=O. The standard InChI is InChI=1S/C22H20N4O2/c27-21(25-23-17-13-7-8-14-17)19-18(15-9-3-1-4-10-15)20(24-26-22(19)28)16-11-5-2-6-12-16/h1-6,9-13,23H,7-8,14H2,(H,25,27)(H,26,28). The average molecular weight is 372 g/mol. The number of amides is 1. The van der Waals surface area contributed by atoms with Crippen LogP contribution in [0.5, 0.6) is 0 Å². The first kappa shape index (κ1) is 17.7. The highest BCUT2D eigenvalue weighted by molar-refractivity contribution is 6.03. The summed E-state index contributed by atoms with van der Waals surface area (Å²) in [5.74, 6) is -0.493. The van der Waals surface area contributed by atoms with Gasteiger partial charge in [-0.05, 0) is 24.8 Å². The summed E-state index contributed by atoms with van der Waals surface area (Å²) in [6.07, 6.45) is 4.97. The predicted octanol–water partition coefficient (Wildman–Crippen LogP) is 3.41. The smallest absolute Gasteiger partial charge is 0.277 e. The molecule has 2 aromatic carbocycles. The van der Waals surface area contributed by atoms with Crippen LogP contribution in [0.25, 0.3) is 22.4 Å². The first-order chi connectivity index (χ1) is 13.7. The van der Waals surface area contributed by atoms with Crippen LogP contribution in [0.4, 0.5) is 0 Å². The maximum Gasteiger partial charge on any atom is 0.277 e. The second kappa shape index (κ2) is 7.92. The van der Waals surface area contributed by atoms with E-state index in [1.165, 1.54) is 0 Å². The Hall–Kier alpha value is -3.67. The molecule has 0 saturated carbocycles. The molecule has 6 nitrogen and oxygen atoms in total. The van der Waals surface area contributed by atoms with Gasteiger partial charge in [-0.3, -0.25) is 15.0 Å². The molecular weight excluding hydrogens is 352 g/mol. The van der Waals surface area contributed by atoms with E-state index in [0.717, 1.165) is 36.1 Å². The minimum Gasteiger partial charge on any atom is -0.303 e. The third kappa shape index (κ3) is 3.57. The van der Waals surface area contributed by atoms with Gasteiger partial charge < -0.3 is 5.43 Å². The molecule has 0 bridgehead atoms. The Morgan fingerprint density at radius 1 is 0.964 bits per heavy atom. The number of benzene rings is 2. The highest BCUT2D eigenvalue weighted by Gasteiger charge is 2.23. The molecule has 1 heterocycles. The molecule has 28 heavy (non-hydrogen) atoms. The monoisotopic (exact) mass is 372 g/mol. The van der Waals surface area contributed by atoms with Crippen molar-refractivity contribution in [3.05, 3.63) is 88.4 Å². The number of rotatable bonds is 5. The van der Waals surface area contributed by atoms with Crippen LogP contribution < -0.4 is 16.4 Å². The highest BCUT2D eigenvalue weighted by Crippen LogP contribution is 2.31. The quantitative estimate of drug-likeness (QED) is 0.599. The van der Waals surface area contributed by atoms with Gasteiger partial charge in [-0.2, -0.15) is 5.10 Å². The number of hydrogen-bond donors (Lipinski definition) is 3. The minimum atomic E-state index is -0.529. The van der Waals surface area contributed by atoms with Crippen molar-refractivity contribution in [2.45, 2.75) is 19.3 Å². The molecule has 1 aromatic heterocycles. The van der Waals surface area contributed by atoms with Crippen LogP contribution in [0.15, 0.2) is 77.2 Å². The van der Waals surface area contributed by atoms with E-state index in [-0.39, 0.29) is 5.56 Å². The Morgan fingerprint density at radius 3 is 2.29 bits per heavy atom. The zero-order valence-corrected chi connectivity index (χ0v) is 15.2. The van der Waals surface area contributed by atoms with E-state index >= 15 is 0 Å². The molecule has 0 aliphatic heterocycles. The van der Waals surface area contributed by atoms with Crippen molar-refractivity contribution < 1.29 is 4.79 Å². The van der Waals surface area contributed by atoms with E-state index < -0.39 is 11.5 Å². The lowest BCUT2D eigenvalue weighted by Gasteiger charge is -2.15. The van der Waals surface area contributed by atoms with Gasteiger partial charge >= 0.3 is 0 Å². The van der Waals surface area contributed by atoms with Crippen LogP contribution in [0.2, 0.25) is 0 Å². The average Bonchev–Trinajstić information content (AvgIpc) is 3.27. The Morgan fingerprint density at radius 2 is 1.64 bits per heavy atom. The molecule has 0 saturated heterocycles. The van der Waals surface area contributed by atoms with E-state index in [0.29, 0.717) is 11.3 Å². The first-order valence-electron chi connectivity index (χ1n) is 9.23. The van der Waals surface area contributed by atoms with Gasteiger partial charge in [0, 0.05) is 16.8 Å². The van der Waals surface area contributed by atoms with Gasteiger partial charge in [0.2, 0.25) is 0 Å². The summed E-state index contributed by atoms with van der Waals surface area (Å²) in [5.41, 5.74) is 8.70. The molecule has 0 atom stereocenters. The Bertz CT molecular complexity index is 1070. The van der Waals surface area contributed by atoms with E-state index in [1.807, 2.05) is 66.7 Å². The lowest BCUT2D eigenvalue weighted by Crippen LogP contribution is -2.39. The topological polar surface area (TPSA) is 86.9 Å². The fourth-order valence-corrected chi connectivity index (χ4v) is 3.34. The van der Waals surface area contributed by atoms with Gasteiger partial charge in [0.15, 0.2) is 0 Å². The molecule has 3 N–H and O–H groups in total. The molecular formula is C22H20N4O2. The van der Waals surface area contributed by atoms with Crippen molar-refractivity contribution in [1.29, 1.82) is 0 Å². The van der Waals surface area contributed by atoms with E-state index in [4.69, 9.17) is 0 Å². The van der Waals surface area contributed by atoms with Crippen molar-refractivity contribution in [2.24, 2.45) is 0 Å². The molecule has 1 amide bonds. The largest absolute Gasteiger partial charge is 0.303 e. The van der Waals surface area contributed by atoms with Gasteiger partial charge in [-0.1, -0.05) is 66.7 Å². The van der Waals surface area contributed by atoms with Gasteiger partial charge in [0.25, 0.3) is 11.5 Å². The van der Waals surface area contributed by atoms with Crippen LogP contribution in [0.1, 0.15) is 29.6 Å². The fraction of sp³-hybridized carbons (Fsp3) is 0.136. The van der Waals surface area contributed by atoms with Crippen LogP contribution in [-0.4, -0.2) is 16.1 Å². The fourth-order valence-electron chi connectivity index (χ4n) is 3.34. The molecule has 0 radical (unpaired) electrons. The summed E-state index contributed by atoms with van der Waals surface area (Å²) in [4.78, 5) is 25.6. The molecule has 0 spiro atoms. The van der Waals surface area contributed by atoms with E-state index in [9.17, 15) is 9.59 Å². The maximum atomic E-state index is 13.0. The van der Waals surface area contributed by atoms with Crippen molar-refractivity contribution in [3.63, 3.8) is 0 Å². The lowest BCUT2D eigenvalue weighted by molar-refractivity contribution is 0.0937. The number of hydrogen-bond acceptors (Lipinski definition) is 4. The minimum absolute atomic E-state index is 0.0335. The summed E-state index contributed by atoms with van der Waals surface area (Å²) in [6.45, 7) is 0. The summed E-state index contributed by atoms with van der Waals surface area (Å²) in [6, 6.07) is 18.9. The molecule has 140 valence electrons. The Labute approximate surface area is 162 Å². The number of carbonyl (C=O) groups is 1. The number of nitrogens with zero attached hydrogens (tertiary/aromatic N) is 1. The normalized spacial score (nSPS) is 13.1. The summed E-state index contributed by atoms with van der Waals surface area (Å²) in [5, 5.41) is 6.73. The number of carbonyl (C=O) groups excluding carboxylic acids is 1. The van der Waals surface area contributed by atoms with Crippen molar-refractivity contribution >= 4 is 5.91 Å². The van der Waals surface area contributed by atoms with Gasteiger partial charge in [0.1, 0.15) is 5.56 Å². The number of aromatic nitrogens is 2. The lowest BCUT2D eigenvalue weighted by atomic mass is 9.95. The molecule has 6 heteroatoms. The number of nitrogens with one attached hydrogen (secondary N) is 3. The van der Waals surface area contributed by atoms with Crippen LogP contribution in [0, 0.1) is 0 Å². The molecule has 3 aromatic rings. The van der Waals surface area contributed by atoms with Crippen LogP contribution in [0.3, 0.4) is 0 Å². The predicted molar refractivity (Wildman–Crippen MR) is 108 cm³/mol. The molecule has 4 rings (SSSR count). The molecule has 1 aliphatic carbocycles. The van der Waals surface area contributed by atoms with Crippen molar-refractivity contribution in [1.82, 2.24) is 21.0 Å². The Kier molecular flexibility index (Phi) is 5.01. The van der Waals surface area contributed by atoms with Crippen LogP contribution in [-0.2, 0) is 0 Å². The first-order valence-corrected chi connectivity index (χ1v) is 9.23. The third-order valence-corrected chi connectivity index (χ3v) is 4.70. The van der Waals surface area contributed by atoms with Crippen molar-refractivity contribution in [3.8, 4) is 22.4 Å². The maximum absolute atomic E-state index is 13.0. The number of allylic oxidation sites excluding steroid dienone is 2. The van der Waals surface area contributed by atoms with Gasteiger partial charge in [-0.15, -0.1) is 0 Å². The highest BCUT2D eigenvalue weighted by atomic mass is 16.2. The third-order valence-electron chi connectivity index (χ3n) is 4.70. The molecule has 0 unspecified atom stereocenters.